The molecule has 1 aromatic heterocycles. The van der Waals surface area contributed by atoms with Gasteiger partial charge in [-0.2, -0.15) is 0 Å². The van der Waals surface area contributed by atoms with E-state index in [0.29, 0.717) is 12.1 Å². The van der Waals surface area contributed by atoms with Crippen LogP contribution >= 0.6 is 22.9 Å². The Balaban J connectivity index is 1.90. The first-order valence-corrected chi connectivity index (χ1v) is 8.08. The quantitative estimate of drug-likeness (QED) is 0.899. The Kier molecular flexibility index (Phi) is 5.66. The summed E-state index contributed by atoms with van der Waals surface area (Å²) in [4.78, 5) is 6.29. The van der Waals surface area contributed by atoms with Crippen molar-refractivity contribution in [2.75, 3.05) is 40.8 Å². The Bertz CT molecular complexity index is 396. The zero-order valence-electron chi connectivity index (χ0n) is 12.0. The molecule has 1 fully saturated rings. The van der Waals surface area contributed by atoms with Crippen LogP contribution in [0, 0.1) is 0 Å². The molecular formula is C14H24ClN3S. The summed E-state index contributed by atoms with van der Waals surface area (Å²) < 4.78 is 0.888. The number of thiophene rings is 1. The molecule has 1 aliphatic heterocycles. The normalized spacial score (nSPS) is 23.7. The second-order valence-corrected chi connectivity index (χ2v) is 7.33. The number of halogens is 1. The molecule has 2 heterocycles. The van der Waals surface area contributed by atoms with Crippen molar-refractivity contribution >= 4 is 22.9 Å². The molecule has 0 spiro atoms. The van der Waals surface area contributed by atoms with Crippen LogP contribution in [0.4, 0.5) is 0 Å². The fourth-order valence-corrected chi connectivity index (χ4v) is 3.86. The monoisotopic (exact) mass is 301 g/mol. The van der Waals surface area contributed by atoms with Gasteiger partial charge in [-0.3, -0.25) is 0 Å². The van der Waals surface area contributed by atoms with E-state index in [4.69, 9.17) is 11.6 Å². The van der Waals surface area contributed by atoms with E-state index in [9.17, 15) is 0 Å². The van der Waals surface area contributed by atoms with E-state index in [1.807, 2.05) is 6.07 Å². The van der Waals surface area contributed by atoms with Crippen molar-refractivity contribution in [1.82, 2.24) is 15.1 Å². The number of piperazine rings is 1. The van der Waals surface area contributed by atoms with E-state index in [-0.39, 0.29) is 0 Å². The van der Waals surface area contributed by atoms with Crippen LogP contribution in [0.3, 0.4) is 0 Å². The number of likely N-dealkylation sites (N-methyl/N-ethyl adjacent to an activating group) is 3. The standard InChI is InChI=1S/C14H24ClN3S/c1-16-11(9-13-4-5-14(15)19-13)8-12-10-17(2)6-7-18(12)3/h4-5,11-12,16H,6-10H2,1-3H3. The van der Waals surface area contributed by atoms with Crippen LogP contribution in [0.15, 0.2) is 12.1 Å². The SMILES string of the molecule is CNC(Cc1ccc(Cl)s1)CC1CN(C)CCN1C. The highest BCUT2D eigenvalue weighted by molar-refractivity contribution is 7.16. The van der Waals surface area contributed by atoms with Gasteiger partial charge in [-0.05, 0) is 46.1 Å². The first kappa shape index (κ1) is 15.3. The van der Waals surface area contributed by atoms with E-state index in [0.717, 1.165) is 10.8 Å². The Hall–Kier alpha value is -0.130. The van der Waals surface area contributed by atoms with E-state index in [1.54, 1.807) is 11.3 Å². The fraction of sp³-hybridized carbons (Fsp3) is 0.714. The molecule has 2 atom stereocenters. The first-order chi connectivity index (χ1) is 9.08. The topological polar surface area (TPSA) is 18.5 Å². The molecule has 1 aliphatic rings. The summed E-state index contributed by atoms with van der Waals surface area (Å²) in [7, 11) is 6.52. The van der Waals surface area contributed by atoms with Gasteiger partial charge in [0.25, 0.3) is 0 Å². The van der Waals surface area contributed by atoms with Crippen molar-refractivity contribution in [2.24, 2.45) is 0 Å². The van der Waals surface area contributed by atoms with Gasteiger partial charge in [0, 0.05) is 36.6 Å². The van der Waals surface area contributed by atoms with Crippen molar-refractivity contribution in [1.29, 1.82) is 0 Å². The van der Waals surface area contributed by atoms with Crippen LogP contribution in [0.25, 0.3) is 0 Å². The lowest BCUT2D eigenvalue weighted by Gasteiger charge is -2.39. The molecule has 0 amide bonds. The molecule has 0 bridgehead atoms. The molecule has 108 valence electrons. The van der Waals surface area contributed by atoms with Gasteiger partial charge in [0.1, 0.15) is 0 Å². The smallest absolute Gasteiger partial charge is 0.0931 e. The van der Waals surface area contributed by atoms with Crippen molar-refractivity contribution in [3.05, 3.63) is 21.3 Å². The summed E-state index contributed by atoms with van der Waals surface area (Å²) in [5, 5.41) is 3.46. The minimum Gasteiger partial charge on any atom is -0.317 e. The van der Waals surface area contributed by atoms with Crippen molar-refractivity contribution < 1.29 is 0 Å². The van der Waals surface area contributed by atoms with Gasteiger partial charge in [-0.1, -0.05) is 11.6 Å². The zero-order chi connectivity index (χ0) is 13.8. The molecule has 2 rings (SSSR count). The van der Waals surface area contributed by atoms with Crippen LogP contribution in [-0.4, -0.2) is 62.7 Å². The minimum atomic E-state index is 0.522. The molecule has 1 aromatic rings. The van der Waals surface area contributed by atoms with Crippen LogP contribution in [-0.2, 0) is 6.42 Å². The Morgan fingerprint density at radius 3 is 2.84 bits per heavy atom. The average Bonchev–Trinajstić information content (AvgIpc) is 2.78. The molecule has 1 N–H and O–H groups in total. The number of rotatable bonds is 5. The largest absolute Gasteiger partial charge is 0.317 e. The predicted octanol–water partition coefficient (Wildman–Crippen LogP) is 2.17. The second-order valence-electron chi connectivity index (χ2n) is 5.53. The molecule has 0 aromatic carbocycles. The maximum Gasteiger partial charge on any atom is 0.0931 e. The van der Waals surface area contributed by atoms with E-state index < -0.39 is 0 Å². The van der Waals surface area contributed by atoms with E-state index >= 15 is 0 Å². The maximum absolute atomic E-state index is 6.00. The molecule has 2 unspecified atom stereocenters. The summed E-state index contributed by atoms with van der Waals surface area (Å²) in [5.74, 6) is 0. The summed E-state index contributed by atoms with van der Waals surface area (Å²) >= 11 is 7.70. The van der Waals surface area contributed by atoms with E-state index in [2.05, 4.69) is 42.3 Å². The van der Waals surface area contributed by atoms with Gasteiger partial charge in [-0.15, -0.1) is 11.3 Å². The van der Waals surface area contributed by atoms with Crippen molar-refractivity contribution in [2.45, 2.75) is 24.9 Å². The molecular weight excluding hydrogens is 278 g/mol. The second kappa shape index (κ2) is 7.04. The molecule has 0 saturated carbocycles. The third-order valence-electron chi connectivity index (χ3n) is 4.02. The molecule has 0 aliphatic carbocycles. The van der Waals surface area contributed by atoms with Crippen molar-refractivity contribution in [3.8, 4) is 0 Å². The highest BCUT2D eigenvalue weighted by Gasteiger charge is 2.25. The fourth-order valence-electron chi connectivity index (χ4n) is 2.69. The Morgan fingerprint density at radius 2 is 2.21 bits per heavy atom. The highest BCUT2D eigenvalue weighted by Crippen LogP contribution is 2.24. The first-order valence-electron chi connectivity index (χ1n) is 6.88. The molecule has 1 saturated heterocycles. The average molecular weight is 302 g/mol. The van der Waals surface area contributed by atoms with Crippen LogP contribution in [0.1, 0.15) is 11.3 Å². The summed E-state index contributed by atoms with van der Waals surface area (Å²) in [6.07, 6.45) is 2.26. The number of nitrogens with zero attached hydrogens (tertiary/aromatic N) is 2. The Labute approximate surface area is 125 Å². The molecule has 3 nitrogen and oxygen atoms in total. The predicted molar refractivity (Wildman–Crippen MR) is 84.4 cm³/mol. The minimum absolute atomic E-state index is 0.522. The molecule has 0 radical (unpaired) electrons. The third kappa shape index (κ3) is 4.43. The highest BCUT2D eigenvalue weighted by atomic mass is 35.5. The van der Waals surface area contributed by atoms with Gasteiger partial charge >= 0.3 is 0 Å². The van der Waals surface area contributed by atoms with Gasteiger partial charge in [0.2, 0.25) is 0 Å². The summed E-state index contributed by atoms with van der Waals surface area (Å²) in [6.45, 7) is 3.51. The number of hydrogen-bond acceptors (Lipinski definition) is 4. The van der Waals surface area contributed by atoms with Gasteiger partial charge < -0.3 is 15.1 Å². The third-order valence-corrected chi connectivity index (χ3v) is 5.27. The van der Waals surface area contributed by atoms with Gasteiger partial charge in [-0.25, -0.2) is 0 Å². The lowest BCUT2D eigenvalue weighted by molar-refractivity contribution is 0.102. The van der Waals surface area contributed by atoms with Crippen molar-refractivity contribution in [3.63, 3.8) is 0 Å². The molecule has 5 heteroatoms. The summed E-state index contributed by atoms with van der Waals surface area (Å²) in [5.41, 5.74) is 0. The van der Waals surface area contributed by atoms with Crippen LogP contribution in [0.5, 0.6) is 0 Å². The number of nitrogens with one attached hydrogen (secondary N) is 1. The summed E-state index contributed by atoms with van der Waals surface area (Å²) in [6, 6.07) is 5.31. The van der Waals surface area contributed by atoms with Gasteiger partial charge in [0.15, 0.2) is 0 Å². The van der Waals surface area contributed by atoms with E-state index in [1.165, 1.54) is 30.9 Å². The number of hydrogen-bond donors (Lipinski definition) is 1. The molecule has 19 heavy (non-hydrogen) atoms. The maximum atomic E-state index is 6.00. The lowest BCUT2D eigenvalue weighted by atomic mass is 10.0. The zero-order valence-corrected chi connectivity index (χ0v) is 13.6. The van der Waals surface area contributed by atoms with Crippen LogP contribution in [0.2, 0.25) is 4.34 Å². The van der Waals surface area contributed by atoms with Crippen LogP contribution < -0.4 is 5.32 Å². The Morgan fingerprint density at radius 1 is 1.42 bits per heavy atom. The van der Waals surface area contributed by atoms with Gasteiger partial charge in [0.05, 0.1) is 4.34 Å². The lowest BCUT2D eigenvalue weighted by Crippen LogP contribution is -2.52.